The minimum Gasteiger partial charge on any atom is -0.480 e. The van der Waals surface area contributed by atoms with E-state index in [0.717, 1.165) is 57.8 Å². The second kappa shape index (κ2) is 34.7. The molecule has 0 fully saturated rings. The van der Waals surface area contributed by atoms with Gasteiger partial charge in [0.25, 0.3) is 0 Å². The quantitative estimate of drug-likeness (QED) is 0.0458. The van der Waals surface area contributed by atoms with Crippen molar-refractivity contribution in [3.63, 3.8) is 0 Å². The maximum Gasteiger partial charge on any atom is 0.326 e. The Morgan fingerprint density at radius 2 is 0.935 bits per heavy atom. The summed E-state index contributed by atoms with van der Waals surface area (Å²) in [4.78, 5) is 36.0. The van der Waals surface area contributed by atoms with Crippen LogP contribution < -0.4 is 11.1 Å². The molecule has 7 nitrogen and oxygen atoms in total. The first-order chi connectivity index (χ1) is 22.4. The van der Waals surface area contributed by atoms with Gasteiger partial charge in [-0.3, -0.25) is 9.59 Å². The Bertz CT molecular complexity index is 702. The maximum absolute atomic E-state index is 12.5. The fraction of sp³-hybridized carbons (Fsp3) is 0.923. The van der Waals surface area contributed by atoms with Crippen LogP contribution in [0.4, 0.5) is 0 Å². The van der Waals surface area contributed by atoms with Gasteiger partial charge in [0.15, 0.2) is 0 Å². The summed E-state index contributed by atoms with van der Waals surface area (Å²) in [6.07, 6.45) is 34.7. The molecule has 0 aliphatic heterocycles. The zero-order chi connectivity index (χ0) is 33.9. The van der Waals surface area contributed by atoms with Crippen molar-refractivity contribution in [1.29, 1.82) is 0 Å². The van der Waals surface area contributed by atoms with Gasteiger partial charge in [0.1, 0.15) is 12.1 Å². The molecule has 46 heavy (non-hydrogen) atoms. The number of amides is 1. The van der Waals surface area contributed by atoms with Gasteiger partial charge in [-0.1, -0.05) is 149 Å². The molecule has 1 amide bonds. The van der Waals surface area contributed by atoms with E-state index in [9.17, 15) is 19.5 Å². The lowest BCUT2D eigenvalue weighted by molar-refractivity contribution is -0.150. The minimum atomic E-state index is -1.02. The summed E-state index contributed by atoms with van der Waals surface area (Å²) >= 11 is 0. The van der Waals surface area contributed by atoms with Gasteiger partial charge in [-0.2, -0.15) is 0 Å². The van der Waals surface area contributed by atoms with E-state index in [0.29, 0.717) is 38.6 Å². The third kappa shape index (κ3) is 31.0. The predicted molar refractivity (Wildman–Crippen MR) is 193 cm³/mol. The van der Waals surface area contributed by atoms with Crippen molar-refractivity contribution in [2.75, 3.05) is 6.54 Å². The highest BCUT2D eigenvalue weighted by Crippen LogP contribution is 2.18. The van der Waals surface area contributed by atoms with Crippen LogP contribution in [-0.4, -0.2) is 41.6 Å². The Kier molecular flexibility index (Phi) is 33.5. The summed E-state index contributed by atoms with van der Waals surface area (Å²) in [5.74, 6) is -1.31. The summed E-state index contributed by atoms with van der Waals surface area (Å²) < 4.78 is 5.88. The lowest BCUT2D eigenvalue weighted by Crippen LogP contribution is -2.40. The summed E-state index contributed by atoms with van der Waals surface area (Å²) in [6, 6.07) is -0.868. The Morgan fingerprint density at radius 3 is 1.39 bits per heavy atom. The molecule has 2 atom stereocenters. The Balaban J connectivity index is 3.84. The van der Waals surface area contributed by atoms with E-state index < -0.39 is 12.0 Å². The fourth-order valence-corrected chi connectivity index (χ4v) is 6.16. The van der Waals surface area contributed by atoms with Gasteiger partial charge in [0.05, 0.1) is 0 Å². The molecule has 0 radical (unpaired) electrons. The first-order valence-electron chi connectivity index (χ1n) is 19.9. The number of ether oxygens (including phenoxy) is 1. The molecule has 0 aromatic heterocycles. The number of aliphatic carboxylic acids is 1. The summed E-state index contributed by atoms with van der Waals surface area (Å²) in [5.41, 5.74) is 5.46. The zero-order valence-corrected chi connectivity index (χ0v) is 30.4. The molecule has 2 unspecified atom stereocenters. The molecule has 0 aliphatic carbocycles. The number of hydrogen-bond donors (Lipinski definition) is 3. The van der Waals surface area contributed by atoms with Crippen LogP contribution in [0, 0.1) is 0 Å². The van der Waals surface area contributed by atoms with Crippen molar-refractivity contribution in [2.45, 2.75) is 225 Å². The molecule has 0 aromatic rings. The van der Waals surface area contributed by atoms with Crippen LogP contribution in [0.2, 0.25) is 0 Å². The molecule has 0 saturated carbocycles. The van der Waals surface area contributed by atoms with Crippen LogP contribution in [0.5, 0.6) is 0 Å². The first kappa shape index (κ1) is 44.4. The van der Waals surface area contributed by atoms with Crippen molar-refractivity contribution in [3.8, 4) is 0 Å². The number of carboxylic acids is 1. The molecule has 0 bridgehead atoms. The van der Waals surface area contributed by atoms with Gasteiger partial charge >= 0.3 is 11.9 Å². The molecular formula is C39H76N2O5. The number of hydrogen-bond acceptors (Lipinski definition) is 5. The van der Waals surface area contributed by atoms with Crippen LogP contribution in [0.1, 0.15) is 213 Å². The van der Waals surface area contributed by atoms with E-state index >= 15 is 0 Å². The molecule has 0 aliphatic rings. The number of carboxylic acid groups (broad SMARTS) is 1. The molecule has 7 heteroatoms. The van der Waals surface area contributed by atoms with Gasteiger partial charge in [-0.05, 0) is 57.9 Å². The standard InChI is InChI=1S/C39H76N2O5/c1-3-5-7-8-9-10-11-12-13-14-15-16-17-18-19-20-21-22-27-33-38(43)46-35(29-24-6-4-2)30-25-23-26-32-37(42)41-36(39(44)45)31-28-34-40/h35-36H,3-34,40H2,1-2H3,(H,41,42)(H,44,45). The Hall–Kier alpha value is -1.63. The number of carbonyl (C=O) groups is 3. The number of carbonyl (C=O) groups excluding carboxylic acids is 2. The summed E-state index contributed by atoms with van der Waals surface area (Å²) in [7, 11) is 0. The second-order valence-corrected chi connectivity index (χ2v) is 13.7. The first-order valence-corrected chi connectivity index (χ1v) is 19.9. The normalized spacial score (nSPS) is 12.6. The third-order valence-corrected chi connectivity index (χ3v) is 9.17. The summed E-state index contributed by atoms with van der Waals surface area (Å²) in [6.45, 7) is 4.87. The van der Waals surface area contributed by atoms with Crippen LogP contribution in [0.25, 0.3) is 0 Å². The average molecular weight is 653 g/mol. The van der Waals surface area contributed by atoms with Gasteiger partial charge in [-0.25, -0.2) is 4.79 Å². The highest BCUT2D eigenvalue weighted by molar-refractivity contribution is 5.83. The van der Waals surface area contributed by atoms with Crippen molar-refractivity contribution >= 4 is 17.8 Å². The number of unbranched alkanes of at least 4 members (excludes halogenated alkanes) is 22. The van der Waals surface area contributed by atoms with E-state index in [1.54, 1.807) is 0 Å². The van der Waals surface area contributed by atoms with Gasteiger partial charge < -0.3 is 20.9 Å². The van der Waals surface area contributed by atoms with Crippen LogP contribution in [0.3, 0.4) is 0 Å². The zero-order valence-electron chi connectivity index (χ0n) is 30.4. The fourth-order valence-electron chi connectivity index (χ4n) is 6.16. The van der Waals surface area contributed by atoms with Gasteiger partial charge in [-0.15, -0.1) is 0 Å². The average Bonchev–Trinajstić information content (AvgIpc) is 3.03. The van der Waals surface area contributed by atoms with Crippen molar-refractivity contribution < 1.29 is 24.2 Å². The highest BCUT2D eigenvalue weighted by atomic mass is 16.5. The largest absolute Gasteiger partial charge is 0.480 e. The number of esters is 1. The van der Waals surface area contributed by atoms with Gasteiger partial charge in [0, 0.05) is 12.8 Å². The topological polar surface area (TPSA) is 119 Å². The van der Waals surface area contributed by atoms with E-state index in [1.165, 1.54) is 109 Å². The molecule has 4 N–H and O–H groups in total. The number of nitrogens with two attached hydrogens (primary N) is 1. The number of nitrogens with one attached hydrogen (secondary N) is 1. The van der Waals surface area contributed by atoms with Crippen LogP contribution >= 0.6 is 0 Å². The maximum atomic E-state index is 12.5. The van der Waals surface area contributed by atoms with Crippen LogP contribution in [0.15, 0.2) is 0 Å². The van der Waals surface area contributed by atoms with E-state index in [2.05, 4.69) is 19.2 Å². The van der Waals surface area contributed by atoms with Crippen molar-refractivity contribution in [2.24, 2.45) is 5.73 Å². The second-order valence-electron chi connectivity index (χ2n) is 13.7. The lowest BCUT2D eigenvalue weighted by Gasteiger charge is -2.18. The molecule has 0 spiro atoms. The summed E-state index contributed by atoms with van der Waals surface area (Å²) in [5, 5.41) is 11.9. The van der Waals surface area contributed by atoms with Crippen molar-refractivity contribution in [1.82, 2.24) is 5.32 Å². The highest BCUT2D eigenvalue weighted by Gasteiger charge is 2.19. The molecule has 0 aromatic carbocycles. The SMILES string of the molecule is CCCCCCCCCCCCCCCCCCCCCC(=O)OC(CCCCC)CCCCCC(=O)NC(CCCN)C(=O)O. The molecular weight excluding hydrogens is 576 g/mol. The smallest absolute Gasteiger partial charge is 0.326 e. The number of rotatable bonds is 36. The van der Waals surface area contributed by atoms with E-state index in [-0.39, 0.29) is 18.0 Å². The Labute approximate surface area is 284 Å². The van der Waals surface area contributed by atoms with E-state index in [4.69, 9.17) is 10.5 Å². The molecule has 272 valence electrons. The Morgan fingerprint density at radius 1 is 0.543 bits per heavy atom. The minimum absolute atomic E-state index is 0.0409. The van der Waals surface area contributed by atoms with Crippen molar-refractivity contribution in [3.05, 3.63) is 0 Å². The third-order valence-electron chi connectivity index (χ3n) is 9.17. The van der Waals surface area contributed by atoms with Crippen LogP contribution in [-0.2, 0) is 19.1 Å². The monoisotopic (exact) mass is 653 g/mol. The predicted octanol–water partition coefficient (Wildman–Crippen LogP) is 10.6. The van der Waals surface area contributed by atoms with E-state index in [1.807, 2.05) is 0 Å². The molecule has 0 saturated heterocycles. The lowest BCUT2D eigenvalue weighted by atomic mass is 10.0. The molecule has 0 rings (SSSR count). The van der Waals surface area contributed by atoms with Gasteiger partial charge in [0.2, 0.25) is 5.91 Å². The molecule has 0 heterocycles.